The number of para-hydroxylation sites is 1. The maximum Gasteiger partial charge on any atom is 0.313 e. The van der Waals surface area contributed by atoms with Gasteiger partial charge in [-0.3, -0.25) is 9.59 Å². The fraction of sp³-hybridized carbons (Fsp3) is 0.0833. The molecule has 3 N–H and O–H groups in total. The van der Waals surface area contributed by atoms with Crippen LogP contribution in [0.2, 0.25) is 0 Å². The molecule has 29 heavy (non-hydrogen) atoms. The van der Waals surface area contributed by atoms with Crippen molar-refractivity contribution in [1.29, 1.82) is 0 Å². The molecule has 0 aliphatic heterocycles. The predicted molar refractivity (Wildman–Crippen MR) is 116 cm³/mol. The quantitative estimate of drug-likeness (QED) is 0.453. The molecule has 1 aromatic heterocycles. The van der Waals surface area contributed by atoms with E-state index in [0.717, 1.165) is 27.7 Å². The lowest BCUT2D eigenvalue weighted by Gasteiger charge is -2.09. The lowest BCUT2D eigenvalue weighted by molar-refractivity contribution is -0.136. The van der Waals surface area contributed by atoms with Crippen molar-refractivity contribution >= 4 is 28.4 Å². The van der Waals surface area contributed by atoms with Gasteiger partial charge in [0, 0.05) is 23.0 Å². The second kappa shape index (κ2) is 8.44. The number of hydrogen-bond donors (Lipinski definition) is 3. The molecule has 0 saturated heterocycles. The summed E-state index contributed by atoms with van der Waals surface area (Å²) in [5.41, 5.74) is 4.32. The lowest BCUT2D eigenvalue weighted by Crippen LogP contribution is -2.36. The first kappa shape index (κ1) is 18.5. The Balaban J connectivity index is 1.51. The molecule has 0 saturated carbocycles. The topological polar surface area (TPSA) is 74.0 Å². The molecule has 5 heteroatoms. The van der Waals surface area contributed by atoms with Gasteiger partial charge < -0.3 is 15.6 Å². The predicted octanol–water partition coefficient (Wildman–Crippen LogP) is 4.13. The van der Waals surface area contributed by atoms with Crippen LogP contribution in [0.3, 0.4) is 0 Å². The van der Waals surface area contributed by atoms with Crippen LogP contribution in [0.1, 0.15) is 5.56 Å². The van der Waals surface area contributed by atoms with E-state index >= 15 is 0 Å². The van der Waals surface area contributed by atoms with E-state index in [2.05, 4.69) is 15.6 Å². The molecule has 2 amide bonds. The van der Waals surface area contributed by atoms with Gasteiger partial charge in [0.2, 0.25) is 0 Å². The molecule has 0 aliphatic carbocycles. The third-order valence-corrected chi connectivity index (χ3v) is 4.76. The first-order valence-corrected chi connectivity index (χ1v) is 9.51. The zero-order chi connectivity index (χ0) is 20.1. The van der Waals surface area contributed by atoms with Crippen LogP contribution in [-0.4, -0.2) is 23.3 Å². The van der Waals surface area contributed by atoms with E-state index in [-0.39, 0.29) is 0 Å². The first-order chi connectivity index (χ1) is 14.2. The fourth-order valence-electron chi connectivity index (χ4n) is 3.31. The minimum atomic E-state index is -0.681. The van der Waals surface area contributed by atoms with Crippen LogP contribution in [0.25, 0.3) is 22.2 Å². The summed E-state index contributed by atoms with van der Waals surface area (Å²) in [5, 5.41) is 6.35. The van der Waals surface area contributed by atoms with E-state index in [4.69, 9.17) is 0 Å². The zero-order valence-electron chi connectivity index (χ0n) is 15.8. The molecule has 1 heterocycles. The number of anilines is 1. The van der Waals surface area contributed by atoms with E-state index in [9.17, 15) is 9.59 Å². The number of carbonyl (C=O) groups excluding carboxylic acids is 2. The third kappa shape index (κ3) is 4.19. The standard InChI is InChI=1S/C24H21N3O2/c28-23(25-16-15-17-9-3-1-4-10-17)24(29)27-22-19-13-7-8-14-20(19)26-21(22)18-11-5-2-6-12-18/h1-14,26H,15-16H2,(H,25,28)(H,27,29). The smallest absolute Gasteiger partial charge is 0.313 e. The van der Waals surface area contributed by atoms with E-state index in [1.165, 1.54) is 0 Å². The Morgan fingerprint density at radius 3 is 2.17 bits per heavy atom. The molecule has 144 valence electrons. The van der Waals surface area contributed by atoms with Crippen LogP contribution in [0.15, 0.2) is 84.9 Å². The van der Waals surface area contributed by atoms with Crippen molar-refractivity contribution < 1.29 is 9.59 Å². The van der Waals surface area contributed by atoms with Crippen molar-refractivity contribution in [2.24, 2.45) is 0 Å². The first-order valence-electron chi connectivity index (χ1n) is 9.51. The molecular formula is C24H21N3O2. The van der Waals surface area contributed by atoms with Gasteiger partial charge in [0.05, 0.1) is 11.4 Å². The van der Waals surface area contributed by atoms with Crippen molar-refractivity contribution in [2.45, 2.75) is 6.42 Å². The van der Waals surface area contributed by atoms with Gasteiger partial charge in [-0.2, -0.15) is 0 Å². The maximum atomic E-state index is 12.5. The normalized spacial score (nSPS) is 10.6. The largest absolute Gasteiger partial charge is 0.353 e. The number of fused-ring (bicyclic) bond motifs is 1. The van der Waals surface area contributed by atoms with Crippen molar-refractivity contribution in [3.8, 4) is 11.3 Å². The van der Waals surface area contributed by atoms with Crippen LogP contribution < -0.4 is 10.6 Å². The van der Waals surface area contributed by atoms with Gasteiger partial charge in [-0.25, -0.2) is 0 Å². The number of rotatable bonds is 5. The second-order valence-electron chi connectivity index (χ2n) is 6.73. The Hall–Kier alpha value is -3.86. The Kier molecular flexibility index (Phi) is 5.38. The minimum Gasteiger partial charge on any atom is -0.353 e. The van der Waals surface area contributed by atoms with Crippen molar-refractivity contribution in [3.05, 3.63) is 90.5 Å². The zero-order valence-corrected chi connectivity index (χ0v) is 15.8. The number of H-pyrrole nitrogens is 1. The van der Waals surface area contributed by atoms with Crippen LogP contribution in [0.5, 0.6) is 0 Å². The van der Waals surface area contributed by atoms with E-state index in [1.807, 2.05) is 84.9 Å². The highest BCUT2D eigenvalue weighted by Gasteiger charge is 2.19. The summed E-state index contributed by atoms with van der Waals surface area (Å²) >= 11 is 0. The number of aromatic amines is 1. The molecule has 0 spiro atoms. The van der Waals surface area contributed by atoms with E-state index in [1.54, 1.807) is 0 Å². The summed E-state index contributed by atoms with van der Waals surface area (Å²) in [7, 11) is 0. The van der Waals surface area contributed by atoms with Gasteiger partial charge in [0.15, 0.2) is 0 Å². The summed E-state index contributed by atoms with van der Waals surface area (Å²) in [6.07, 6.45) is 0.669. The Labute approximate surface area is 168 Å². The summed E-state index contributed by atoms with van der Waals surface area (Å²) in [5.74, 6) is -1.33. The van der Waals surface area contributed by atoms with Crippen molar-refractivity contribution in [3.63, 3.8) is 0 Å². The van der Waals surface area contributed by atoms with Gasteiger partial charge >= 0.3 is 11.8 Å². The molecular weight excluding hydrogens is 362 g/mol. The Morgan fingerprint density at radius 1 is 0.759 bits per heavy atom. The van der Waals surface area contributed by atoms with E-state index < -0.39 is 11.8 Å². The minimum absolute atomic E-state index is 0.399. The van der Waals surface area contributed by atoms with Gasteiger partial charge in [0.1, 0.15) is 0 Å². The number of nitrogens with one attached hydrogen (secondary N) is 3. The SMILES string of the molecule is O=C(NCCc1ccccc1)C(=O)Nc1c(-c2ccccc2)[nH]c2ccccc12. The maximum absolute atomic E-state index is 12.5. The number of aromatic nitrogens is 1. The Morgan fingerprint density at radius 2 is 1.41 bits per heavy atom. The lowest BCUT2D eigenvalue weighted by atomic mass is 10.1. The molecule has 0 radical (unpaired) electrons. The van der Waals surface area contributed by atoms with Gasteiger partial charge in [-0.15, -0.1) is 0 Å². The van der Waals surface area contributed by atoms with Crippen LogP contribution in [-0.2, 0) is 16.0 Å². The van der Waals surface area contributed by atoms with Gasteiger partial charge in [-0.05, 0) is 18.1 Å². The van der Waals surface area contributed by atoms with Crippen LogP contribution in [0.4, 0.5) is 5.69 Å². The third-order valence-electron chi connectivity index (χ3n) is 4.76. The molecule has 4 rings (SSSR count). The summed E-state index contributed by atoms with van der Waals surface area (Å²) in [4.78, 5) is 28.2. The highest BCUT2D eigenvalue weighted by atomic mass is 16.2. The van der Waals surface area contributed by atoms with Crippen LogP contribution >= 0.6 is 0 Å². The molecule has 5 nitrogen and oxygen atoms in total. The fourth-order valence-corrected chi connectivity index (χ4v) is 3.31. The summed E-state index contributed by atoms with van der Waals surface area (Å²) in [6, 6.07) is 27.2. The van der Waals surface area contributed by atoms with Gasteiger partial charge in [-0.1, -0.05) is 78.9 Å². The highest BCUT2D eigenvalue weighted by Crippen LogP contribution is 2.34. The molecule has 0 unspecified atom stereocenters. The average molecular weight is 383 g/mol. The van der Waals surface area contributed by atoms with Crippen LogP contribution in [0, 0.1) is 0 Å². The monoisotopic (exact) mass is 383 g/mol. The molecule has 4 aromatic rings. The molecule has 0 bridgehead atoms. The molecule has 0 fully saturated rings. The number of hydrogen-bond acceptors (Lipinski definition) is 2. The number of carbonyl (C=O) groups is 2. The van der Waals surface area contributed by atoms with Crippen molar-refractivity contribution in [2.75, 3.05) is 11.9 Å². The van der Waals surface area contributed by atoms with E-state index in [0.29, 0.717) is 18.7 Å². The molecule has 0 atom stereocenters. The number of benzene rings is 3. The summed E-state index contributed by atoms with van der Waals surface area (Å²) in [6.45, 7) is 0.399. The highest BCUT2D eigenvalue weighted by molar-refractivity contribution is 6.40. The Bertz CT molecular complexity index is 1130. The average Bonchev–Trinajstić information content (AvgIpc) is 3.13. The number of amides is 2. The molecule has 3 aromatic carbocycles. The van der Waals surface area contributed by atoms with Gasteiger partial charge in [0.25, 0.3) is 0 Å². The summed E-state index contributed by atoms with van der Waals surface area (Å²) < 4.78 is 0. The molecule has 0 aliphatic rings. The second-order valence-corrected chi connectivity index (χ2v) is 6.73. The van der Waals surface area contributed by atoms with Crippen molar-refractivity contribution in [1.82, 2.24) is 10.3 Å².